The number of aliphatic carboxylic acids is 1. The second-order valence-electron chi connectivity index (χ2n) is 5.51. The lowest BCUT2D eigenvalue weighted by Crippen LogP contribution is -2.53. The lowest BCUT2D eigenvalue weighted by Gasteiger charge is -2.29. The highest BCUT2D eigenvalue weighted by molar-refractivity contribution is 5.87. The molecule has 2 unspecified atom stereocenters. The second kappa shape index (κ2) is 4.64. The zero-order valence-electron chi connectivity index (χ0n) is 10.8. The largest absolute Gasteiger partial charge is 0.481 e. The molecule has 1 saturated heterocycles. The summed E-state index contributed by atoms with van der Waals surface area (Å²) >= 11 is 0. The molecular weight excluding hydrogens is 220 g/mol. The lowest BCUT2D eigenvalue weighted by atomic mass is 9.90. The first-order valence-corrected chi connectivity index (χ1v) is 6.04. The van der Waals surface area contributed by atoms with Crippen LogP contribution in [0.2, 0.25) is 0 Å². The van der Waals surface area contributed by atoms with Gasteiger partial charge in [0.2, 0.25) is 5.91 Å². The highest BCUT2D eigenvalue weighted by atomic mass is 16.4. The normalized spacial score (nSPS) is 27.9. The monoisotopic (exact) mass is 242 g/mol. The number of likely N-dealkylation sites (tertiary alicyclic amines) is 1. The Morgan fingerprint density at radius 1 is 1.53 bits per heavy atom. The topological polar surface area (TPSA) is 83.6 Å². The maximum absolute atomic E-state index is 12.2. The molecule has 0 spiro atoms. The van der Waals surface area contributed by atoms with E-state index in [2.05, 4.69) is 0 Å². The van der Waals surface area contributed by atoms with E-state index in [1.54, 1.807) is 18.7 Å². The van der Waals surface area contributed by atoms with Gasteiger partial charge in [0, 0.05) is 13.1 Å². The van der Waals surface area contributed by atoms with Crippen LogP contribution >= 0.6 is 0 Å². The summed E-state index contributed by atoms with van der Waals surface area (Å²) in [6.07, 6.45) is 1.95. The molecule has 1 amide bonds. The van der Waals surface area contributed by atoms with Gasteiger partial charge in [-0.05, 0) is 26.7 Å². The Hall–Kier alpha value is -1.10. The Labute approximate surface area is 102 Å². The van der Waals surface area contributed by atoms with Gasteiger partial charge in [0.15, 0.2) is 0 Å². The predicted molar refractivity (Wildman–Crippen MR) is 64.4 cm³/mol. The molecule has 17 heavy (non-hydrogen) atoms. The summed E-state index contributed by atoms with van der Waals surface area (Å²) in [5, 5.41) is 9.11. The Morgan fingerprint density at radius 3 is 2.53 bits per heavy atom. The third-order valence-corrected chi connectivity index (χ3v) is 3.53. The standard InChI is InChI=1S/C12H22N2O3/c1-4-5-12(3,13)9(15)14-7-6-11(2,8-14)10(16)17/h4-8,13H2,1-3H3,(H,16,17). The number of hydrogen-bond acceptors (Lipinski definition) is 3. The molecule has 1 heterocycles. The smallest absolute Gasteiger partial charge is 0.311 e. The van der Waals surface area contributed by atoms with Gasteiger partial charge < -0.3 is 15.7 Å². The fraction of sp³-hybridized carbons (Fsp3) is 0.833. The lowest BCUT2D eigenvalue weighted by molar-refractivity contribution is -0.147. The van der Waals surface area contributed by atoms with Crippen LogP contribution in [0, 0.1) is 5.41 Å². The van der Waals surface area contributed by atoms with E-state index in [9.17, 15) is 9.59 Å². The van der Waals surface area contributed by atoms with E-state index in [-0.39, 0.29) is 12.5 Å². The quantitative estimate of drug-likeness (QED) is 0.764. The molecule has 1 fully saturated rings. The van der Waals surface area contributed by atoms with Crippen LogP contribution in [-0.4, -0.2) is 40.5 Å². The highest BCUT2D eigenvalue weighted by Gasteiger charge is 2.44. The fourth-order valence-corrected chi connectivity index (χ4v) is 2.30. The van der Waals surface area contributed by atoms with Crippen molar-refractivity contribution in [1.29, 1.82) is 0 Å². The van der Waals surface area contributed by atoms with Gasteiger partial charge in [-0.2, -0.15) is 0 Å². The molecule has 2 atom stereocenters. The van der Waals surface area contributed by atoms with Gasteiger partial charge in [0.1, 0.15) is 0 Å². The molecule has 1 rings (SSSR count). The summed E-state index contributed by atoms with van der Waals surface area (Å²) < 4.78 is 0. The van der Waals surface area contributed by atoms with Gasteiger partial charge in [0.05, 0.1) is 11.0 Å². The summed E-state index contributed by atoms with van der Waals surface area (Å²) in [5.41, 5.74) is 4.28. The molecule has 0 aromatic rings. The van der Waals surface area contributed by atoms with Crippen LogP contribution in [0.3, 0.4) is 0 Å². The Balaban J connectivity index is 2.72. The number of nitrogens with two attached hydrogens (primary N) is 1. The van der Waals surface area contributed by atoms with Crippen molar-refractivity contribution in [2.24, 2.45) is 11.1 Å². The highest BCUT2D eigenvalue weighted by Crippen LogP contribution is 2.31. The fourth-order valence-electron chi connectivity index (χ4n) is 2.30. The van der Waals surface area contributed by atoms with E-state index < -0.39 is 16.9 Å². The van der Waals surface area contributed by atoms with Gasteiger partial charge in [-0.15, -0.1) is 0 Å². The third kappa shape index (κ3) is 2.77. The summed E-state index contributed by atoms with van der Waals surface area (Å²) in [7, 11) is 0. The number of carboxylic acid groups (broad SMARTS) is 1. The van der Waals surface area contributed by atoms with Crippen molar-refractivity contribution in [2.45, 2.75) is 45.6 Å². The molecule has 0 saturated carbocycles. The van der Waals surface area contributed by atoms with E-state index in [1.807, 2.05) is 6.92 Å². The molecular formula is C12H22N2O3. The van der Waals surface area contributed by atoms with E-state index in [0.29, 0.717) is 19.4 Å². The van der Waals surface area contributed by atoms with Crippen LogP contribution in [0.5, 0.6) is 0 Å². The van der Waals surface area contributed by atoms with Gasteiger partial charge in [-0.1, -0.05) is 13.3 Å². The van der Waals surface area contributed by atoms with Crippen molar-refractivity contribution in [3.8, 4) is 0 Å². The van der Waals surface area contributed by atoms with Crippen molar-refractivity contribution in [1.82, 2.24) is 4.90 Å². The summed E-state index contributed by atoms with van der Waals surface area (Å²) in [4.78, 5) is 24.9. The molecule has 0 aliphatic carbocycles. The molecule has 0 aromatic carbocycles. The summed E-state index contributed by atoms with van der Waals surface area (Å²) in [6.45, 7) is 6.12. The first kappa shape index (κ1) is 14.0. The average Bonchev–Trinajstić information content (AvgIpc) is 2.61. The minimum absolute atomic E-state index is 0.135. The van der Waals surface area contributed by atoms with Gasteiger partial charge in [-0.3, -0.25) is 9.59 Å². The predicted octanol–water partition coefficient (Wildman–Crippen LogP) is 0.827. The minimum Gasteiger partial charge on any atom is -0.481 e. The van der Waals surface area contributed by atoms with Crippen LogP contribution in [0.4, 0.5) is 0 Å². The maximum atomic E-state index is 12.2. The van der Waals surface area contributed by atoms with Gasteiger partial charge in [0.25, 0.3) is 0 Å². The van der Waals surface area contributed by atoms with Crippen molar-refractivity contribution >= 4 is 11.9 Å². The Kier molecular flexibility index (Phi) is 3.81. The number of carbonyl (C=O) groups is 2. The van der Waals surface area contributed by atoms with Crippen molar-refractivity contribution in [2.75, 3.05) is 13.1 Å². The zero-order chi connectivity index (χ0) is 13.3. The maximum Gasteiger partial charge on any atom is 0.311 e. The number of rotatable bonds is 4. The van der Waals surface area contributed by atoms with Crippen molar-refractivity contribution < 1.29 is 14.7 Å². The average molecular weight is 242 g/mol. The van der Waals surface area contributed by atoms with E-state index >= 15 is 0 Å². The second-order valence-corrected chi connectivity index (χ2v) is 5.51. The van der Waals surface area contributed by atoms with Crippen molar-refractivity contribution in [3.63, 3.8) is 0 Å². The number of amides is 1. The molecule has 1 aliphatic rings. The molecule has 98 valence electrons. The summed E-state index contributed by atoms with van der Waals surface area (Å²) in [5.74, 6) is -0.980. The van der Waals surface area contributed by atoms with Gasteiger partial charge >= 0.3 is 5.97 Å². The molecule has 0 bridgehead atoms. The zero-order valence-corrected chi connectivity index (χ0v) is 10.8. The van der Waals surface area contributed by atoms with Gasteiger partial charge in [-0.25, -0.2) is 0 Å². The SMILES string of the molecule is CCCC(C)(N)C(=O)N1CCC(C)(C(=O)O)C1. The minimum atomic E-state index is -0.876. The molecule has 5 heteroatoms. The van der Waals surface area contributed by atoms with E-state index in [1.165, 1.54) is 0 Å². The Bertz CT molecular complexity index is 328. The van der Waals surface area contributed by atoms with Crippen LogP contribution in [-0.2, 0) is 9.59 Å². The molecule has 5 nitrogen and oxygen atoms in total. The van der Waals surface area contributed by atoms with E-state index in [4.69, 9.17) is 10.8 Å². The van der Waals surface area contributed by atoms with Crippen molar-refractivity contribution in [3.05, 3.63) is 0 Å². The molecule has 1 aliphatic heterocycles. The van der Waals surface area contributed by atoms with Crippen LogP contribution in [0.15, 0.2) is 0 Å². The number of hydrogen-bond donors (Lipinski definition) is 2. The number of carbonyl (C=O) groups excluding carboxylic acids is 1. The molecule has 3 N–H and O–H groups in total. The first-order valence-electron chi connectivity index (χ1n) is 6.04. The van der Waals surface area contributed by atoms with Crippen LogP contribution in [0.25, 0.3) is 0 Å². The number of carboxylic acids is 1. The first-order chi connectivity index (χ1) is 7.73. The number of nitrogens with zero attached hydrogens (tertiary/aromatic N) is 1. The third-order valence-electron chi connectivity index (χ3n) is 3.53. The molecule has 0 radical (unpaired) electrons. The van der Waals surface area contributed by atoms with Crippen LogP contribution in [0.1, 0.15) is 40.0 Å². The van der Waals surface area contributed by atoms with Crippen LogP contribution < -0.4 is 5.73 Å². The molecule has 0 aromatic heterocycles. The Morgan fingerprint density at radius 2 is 2.12 bits per heavy atom. The summed E-state index contributed by atoms with van der Waals surface area (Å²) in [6, 6.07) is 0. The van der Waals surface area contributed by atoms with E-state index in [0.717, 1.165) is 6.42 Å².